The first-order valence-corrected chi connectivity index (χ1v) is 6.51. The van der Waals surface area contributed by atoms with Gasteiger partial charge in [0.25, 0.3) is 5.91 Å². The van der Waals surface area contributed by atoms with Crippen molar-refractivity contribution < 1.29 is 13.9 Å². The number of benzene rings is 2. The lowest BCUT2D eigenvalue weighted by molar-refractivity contribution is 0.0936. The molecule has 0 aromatic heterocycles. The number of carbonyl (C=O) groups is 1. The first-order chi connectivity index (χ1) is 10.0. The minimum atomic E-state index is -0.634. The minimum Gasteiger partial charge on any atom is -0.497 e. The molecule has 0 bridgehead atoms. The normalized spacial score (nSPS) is 11.8. The number of halogens is 1. The zero-order valence-electron chi connectivity index (χ0n) is 11.9. The molecule has 5 heteroatoms. The average molecular weight is 288 g/mol. The summed E-state index contributed by atoms with van der Waals surface area (Å²) in [5, 5.41) is 2.75. The van der Waals surface area contributed by atoms with E-state index in [1.165, 1.54) is 12.1 Å². The maximum Gasteiger partial charge on any atom is 0.254 e. The maximum atomic E-state index is 13.7. The first kappa shape index (κ1) is 14.8. The van der Waals surface area contributed by atoms with Gasteiger partial charge in [-0.1, -0.05) is 12.1 Å². The highest BCUT2D eigenvalue weighted by atomic mass is 19.1. The van der Waals surface area contributed by atoms with E-state index in [9.17, 15) is 9.18 Å². The molecule has 2 aromatic carbocycles. The lowest BCUT2D eigenvalue weighted by atomic mass is 10.1. The number of rotatable bonds is 4. The number of nitrogens with two attached hydrogens (primary N) is 1. The van der Waals surface area contributed by atoms with Gasteiger partial charge in [0.1, 0.15) is 11.6 Å². The minimum absolute atomic E-state index is 0.0288. The molecule has 1 amide bonds. The number of carbonyl (C=O) groups excluding carboxylic acids is 1. The van der Waals surface area contributed by atoms with E-state index in [1.54, 1.807) is 7.11 Å². The van der Waals surface area contributed by atoms with Crippen molar-refractivity contribution in [2.45, 2.75) is 13.0 Å². The van der Waals surface area contributed by atoms with Crippen LogP contribution < -0.4 is 15.8 Å². The molecular weight excluding hydrogens is 271 g/mol. The monoisotopic (exact) mass is 288 g/mol. The summed E-state index contributed by atoms with van der Waals surface area (Å²) in [4.78, 5) is 12.1. The number of methoxy groups -OCH3 is 1. The molecule has 2 rings (SSSR count). The Labute approximate surface area is 122 Å². The van der Waals surface area contributed by atoms with Crippen molar-refractivity contribution in [2.24, 2.45) is 0 Å². The molecule has 0 fully saturated rings. The molecule has 0 unspecified atom stereocenters. The summed E-state index contributed by atoms with van der Waals surface area (Å²) >= 11 is 0. The summed E-state index contributed by atoms with van der Waals surface area (Å²) in [6, 6.07) is 11.1. The fourth-order valence-electron chi connectivity index (χ4n) is 1.98. The van der Waals surface area contributed by atoms with Gasteiger partial charge in [-0.25, -0.2) is 4.39 Å². The fraction of sp³-hybridized carbons (Fsp3) is 0.188. The molecule has 0 heterocycles. The smallest absolute Gasteiger partial charge is 0.254 e. The van der Waals surface area contributed by atoms with E-state index in [-0.39, 0.29) is 17.3 Å². The molecule has 1 atom stereocenters. The van der Waals surface area contributed by atoms with Gasteiger partial charge in [0.05, 0.1) is 18.7 Å². The van der Waals surface area contributed by atoms with Crippen molar-refractivity contribution in [3.05, 3.63) is 59.4 Å². The zero-order chi connectivity index (χ0) is 15.4. The van der Waals surface area contributed by atoms with Crippen LogP contribution >= 0.6 is 0 Å². The Balaban J connectivity index is 2.14. The molecule has 0 saturated heterocycles. The van der Waals surface area contributed by atoms with E-state index in [0.29, 0.717) is 5.75 Å². The highest BCUT2D eigenvalue weighted by molar-refractivity contribution is 5.95. The number of hydrogen-bond donors (Lipinski definition) is 2. The van der Waals surface area contributed by atoms with Crippen LogP contribution in [0.2, 0.25) is 0 Å². The molecule has 0 spiro atoms. The van der Waals surface area contributed by atoms with Gasteiger partial charge in [0.2, 0.25) is 0 Å². The number of nitrogens with one attached hydrogen (secondary N) is 1. The summed E-state index contributed by atoms with van der Waals surface area (Å²) in [6.07, 6.45) is 0. The number of amides is 1. The van der Waals surface area contributed by atoms with E-state index >= 15 is 0 Å². The molecule has 4 nitrogen and oxygen atoms in total. The summed E-state index contributed by atoms with van der Waals surface area (Å²) in [5.41, 5.74) is 6.59. The van der Waals surface area contributed by atoms with E-state index in [4.69, 9.17) is 10.5 Å². The molecule has 0 saturated carbocycles. The standard InChI is InChI=1S/C16H17FN2O2/c1-10(11-4-3-5-13(8-11)21-2)19-16(20)14-7-6-12(18)9-15(14)17/h3-10H,18H2,1-2H3,(H,19,20)/t10-/m0/s1. The summed E-state index contributed by atoms with van der Waals surface area (Å²) < 4.78 is 18.9. The van der Waals surface area contributed by atoms with Crippen LogP contribution in [0.25, 0.3) is 0 Å². The van der Waals surface area contributed by atoms with Crippen LogP contribution in [-0.4, -0.2) is 13.0 Å². The van der Waals surface area contributed by atoms with E-state index in [2.05, 4.69) is 5.32 Å². The third kappa shape index (κ3) is 3.51. The van der Waals surface area contributed by atoms with Gasteiger partial charge in [0.15, 0.2) is 0 Å². The molecular formula is C16H17FN2O2. The highest BCUT2D eigenvalue weighted by Gasteiger charge is 2.15. The molecule has 21 heavy (non-hydrogen) atoms. The van der Waals surface area contributed by atoms with Crippen molar-refractivity contribution in [1.29, 1.82) is 0 Å². The van der Waals surface area contributed by atoms with Crippen molar-refractivity contribution in [2.75, 3.05) is 12.8 Å². The predicted molar refractivity (Wildman–Crippen MR) is 79.7 cm³/mol. The van der Waals surface area contributed by atoms with Crippen LogP contribution in [-0.2, 0) is 0 Å². The van der Waals surface area contributed by atoms with Crippen LogP contribution in [0.1, 0.15) is 28.9 Å². The van der Waals surface area contributed by atoms with Crippen molar-refractivity contribution in [3.63, 3.8) is 0 Å². The molecule has 0 aliphatic heterocycles. The van der Waals surface area contributed by atoms with Crippen molar-refractivity contribution in [3.8, 4) is 5.75 Å². The lowest BCUT2D eigenvalue weighted by Gasteiger charge is -2.15. The maximum absolute atomic E-state index is 13.7. The van der Waals surface area contributed by atoms with Crippen LogP contribution in [0.4, 0.5) is 10.1 Å². The number of hydrogen-bond acceptors (Lipinski definition) is 3. The first-order valence-electron chi connectivity index (χ1n) is 6.51. The molecule has 3 N–H and O–H groups in total. The van der Waals surface area contributed by atoms with Crippen molar-refractivity contribution >= 4 is 11.6 Å². The third-order valence-electron chi connectivity index (χ3n) is 3.18. The van der Waals surface area contributed by atoms with Gasteiger partial charge in [0, 0.05) is 5.69 Å². The van der Waals surface area contributed by atoms with Crippen LogP contribution in [0.5, 0.6) is 5.75 Å². The summed E-state index contributed by atoms with van der Waals surface area (Å²) in [7, 11) is 1.58. The van der Waals surface area contributed by atoms with Gasteiger partial charge in [-0.2, -0.15) is 0 Å². The van der Waals surface area contributed by atoms with Gasteiger partial charge in [-0.05, 0) is 42.8 Å². The Morgan fingerprint density at radius 3 is 2.71 bits per heavy atom. The third-order valence-corrected chi connectivity index (χ3v) is 3.18. The average Bonchev–Trinajstić information content (AvgIpc) is 2.47. The molecule has 0 radical (unpaired) electrons. The van der Waals surface area contributed by atoms with Crippen LogP contribution in [0.15, 0.2) is 42.5 Å². The van der Waals surface area contributed by atoms with Crippen LogP contribution in [0, 0.1) is 5.82 Å². The second-order valence-electron chi connectivity index (χ2n) is 4.71. The second kappa shape index (κ2) is 6.26. The SMILES string of the molecule is COc1cccc([C@H](C)NC(=O)c2ccc(N)cc2F)c1. The lowest BCUT2D eigenvalue weighted by Crippen LogP contribution is -2.27. The summed E-state index contributed by atoms with van der Waals surface area (Å²) in [6.45, 7) is 1.82. The predicted octanol–water partition coefficient (Wildman–Crippen LogP) is 2.91. The van der Waals surface area contributed by atoms with Gasteiger partial charge >= 0.3 is 0 Å². The Morgan fingerprint density at radius 1 is 1.29 bits per heavy atom. The second-order valence-corrected chi connectivity index (χ2v) is 4.71. The Kier molecular flexibility index (Phi) is 4.42. The number of ether oxygens (including phenoxy) is 1. The van der Waals surface area contributed by atoms with Gasteiger partial charge in [-0.15, -0.1) is 0 Å². The van der Waals surface area contributed by atoms with Gasteiger partial charge in [-0.3, -0.25) is 4.79 Å². The summed E-state index contributed by atoms with van der Waals surface area (Å²) in [5.74, 6) is -0.416. The Hall–Kier alpha value is -2.56. The van der Waals surface area contributed by atoms with Gasteiger partial charge < -0.3 is 15.8 Å². The van der Waals surface area contributed by atoms with Crippen molar-refractivity contribution in [1.82, 2.24) is 5.32 Å². The van der Waals surface area contributed by atoms with E-state index in [1.807, 2.05) is 31.2 Å². The molecule has 0 aliphatic carbocycles. The quantitative estimate of drug-likeness (QED) is 0.850. The van der Waals surface area contributed by atoms with E-state index < -0.39 is 11.7 Å². The Morgan fingerprint density at radius 2 is 2.05 bits per heavy atom. The molecule has 110 valence electrons. The van der Waals surface area contributed by atoms with E-state index in [0.717, 1.165) is 11.6 Å². The van der Waals surface area contributed by atoms with Crippen LogP contribution in [0.3, 0.4) is 0 Å². The molecule has 0 aliphatic rings. The fourth-order valence-corrected chi connectivity index (χ4v) is 1.98. The zero-order valence-corrected chi connectivity index (χ0v) is 11.9. The topological polar surface area (TPSA) is 64.3 Å². The number of anilines is 1. The number of nitrogen functional groups attached to an aromatic ring is 1. The highest BCUT2D eigenvalue weighted by Crippen LogP contribution is 2.20. The largest absolute Gasteiger partial charge is 0.497 e. The Bertz CT molecular complexity index is 658. The molecule has 2 aromatic rings.